The van der Waals surface area contributed by atoms with Crippen LogP contribution in [0.2, 0.25) is 0 Å². The number of para-hydroxylation sites is 1. The van der Waals surface area contributed by atoms with Gasteiger partial charge in [0.15, 0.2) is 0 Å². The minimum Gasteiger partial charge on any atom is -0.308 e. The van der Waals surface area contributed by atoms with Gasteiger partial charge < -0.3 is 4.57 Å². The van der Waals surface area contributed by atoms with Gasteiger partial charge in [-0.05, 0) is 17.7 Å². The van der Waals surface area contributed by atoms with E-state index in [2.05, 4.69) is 4.98 Å². The van der Waals surface area contributed by atoms with E-state index in [1.165, 1.54) is 16.7 Å². The Morgan fingerprint density at radius 2 is 1.54 bits per heavy atom. The van der Waals surface area contributed by atoms with Gasteiger partial charge in [0.2, 0.25) is 0 Å². The van der Waals surface area contributed by atoms with Crippen molar-refractivity contribution in [3.05, 3.63) is 54.1 Å². The third-order valence-electron chi connectivity index (χ3n) is 3.40. The predicted molar refractivity (Wildman–Crippen MR) is 84.9 cm³/mol. The Labute approximate surface area is 137 Å². The average Bonchev–Trinajstić information content (AvgIpc) is 2.86. The maximum absolute atomic E-state index is 11.6. The average molecular weight is 368 g/mol. The zero-order valence-corrected chi connectivity index (χ0v) is 13.7. The highest BCUT2D eigenvalue weighted by atomic mass is 32.2. The second kappa shape index (κ2) is 5.67. The summed E-state index contributed by atoms with van der Waals surface area (Å²) in [6.45, 7) is 0.0430. The van der Waals surface area contributed by atoms with Crippen molar-refractivity contribution in [1.82, 2.24) is 9.55 Å². The summed E-state index contributed by atoms with van der Waals surface area (Å²) in [6, 6.07) is 12.7. The molecule has 1 aromatic heterocycles. The van der Waals surface area contributed by atoms with E-state index in [0.29, 0.717) is 0 Å². The fourth-order valence-electron chi connectivity index (χ4n) is 2.42. The predicted octanol–water partition coefficient (Wildman–Crippen LogP) is 1.58. The number of benzene rings is 2. The van der Waals surface area contributed by atoms with Gasteiger partial charge in [0.1, 0.15) is 10.4 Å². The Hall–Kier alpha value is -2.27. The van der Waals surface area contributed by atoms with E-state index < -0.39 is 30.3 Å². The Kier molecular flexibility index (Phi) is 3.92. The van der Waals surface area contributed by atoms with Gasteiger partial charge in [-0.3, -0.25) is 9.11 Å². The molecule has 0 saturated heterocycles. The molecule has 2 N–H and O–H groups in total. The molecule has 0 fully saturated rings. The zero-order chi connectivity index (χ0) is 17.5. The lowest BCUT2D eigenvalue weighted by atomic mass is 10.2. The summed E-state index contributed by atoms with van der Waals surface area (Å²) in [5.74, 6) is 0. The summed E-state index contributed by atoms with van der Waals surface area (Å²) in [7, 11) is -9.31. The van der Waals surface area contributed by atoms with Crippen LogP contribution in [0.5, 0.6) is 0 Å². The van der Waals surface area contributed by atoms with E-state index in [-0.39, 0.29) is 17.6 Å². The highest BCUT2D eigenvalue weighted by Crippen LogP contribution is 2.26. The van der Waals surface area contributed by atoms with E-state index in [1.54, 1.807) is 30.3 Å². The van der Waals surface area contributed by atoms with E-state index in [1.807, 2.05) is 0 Å². The molecule has 8 nitrogen and oxygen atoms in total. The SMILES string of the molecule is O=S(=O)(O)c1cccc2c1nc(S(=O)(=O)O)n2Cc1ccccc1. The Bertz CT molecular complexity index is 1120. The van der Waals surface area contributed by atoms with Gasteiger partial charge in [0, 0.05) is 0 Å². The quantitative estimate of drug-likeness (QED) is 0.669. The van der Waals surface area contributed by atoms with Gasteiger partial charge in [-0.2, -0.15) is 16.8 Å². The number of aromatic nitrogens is 2. The second-order valence-electron chi connectivity index (χ2n) is 5.04. The van der Waals surface area contributed by atoms with Gasteiger partial charge in [-0.15, -0.1) is 0 Å². The molecule has 126 valence electrons. The minimum atomic E-state index is -4.70. The summed E-state index contributed by atoms with van der Waals surface area (Å²) in [5, 5.41) is -0.697. The van der Waals surface area contributed by atoms with Crippen LogP contribution < -0.4 is 0 Å². The fraction of sp³-hybridized carbons (Fsp3) is 0.0714. The van der Waals surface area contributed by atoms with Crippen molar-refractivity contribution in [3.63, 3.8) is 0 Å². The molecule has 2 aromatic carbocycles. The van der Waals surface area contributed by atoms with Gasteiger partial charge in [-0.1, -0.05) is 36.4 Å². The van der Waals surface area contributed by atoms with Crippen molar-refractivity contribution in [2.75, 3.05) is 0 Å². The summed E-state index contributed by atoms with van der Waals surface area (Å²) in [6.07, 6.45) is 0. The van der Waals surface area contributed by atoms with Gasteiger partial charge in [0.05, 0.1) is 12.1 Å². The van der Waals surface area contributed by atoms with Crippen molar-refractivity contribution in [2.24, 2.45) is 0 Å². The largest absolute Gasteiger partial charge is 0.328 e. The molecule has 0 amide bonds. The minimum absolute atomic E-state index is 0.0430. The van der Waals surface area contributed by atoms with Crippen LogP contribution in [0.25, 0.3) is 11.0 Å². The smallest absolute Gasteiger partial charge is 0.308 e. The summed E-state index contributed by atoms with van der Waals surface area (Å²) in [5.41, 5.74) is 0.643. The molecule has 1 heterocycles. The topological polar surface area (TPSA) is 127 Å². The second-order valence-corrected chi connectivity index (χ2v) is 7.75. The molecule has 24 heavy (non-hydrogen) atoms. The first-order chi connectivity index (χ1) is 11.2. The molecule has 0 radical (unpaired) electrons. The van der Waals surface area contributed by atoms with E-state index in [4.69, 9.17) is 0 Å². The summed E-state index contributed by atoms with van der Waals surface area (Å²) < 4.78 is 66.1. The van der Waals surface area contributed by atoms with Crippen molar-refractivity contribution in [3.8, 4) is 0 Å². The van der Waals surface area contributed by atoms with Gasteiger partial charge >= 0.3 is 10.1 Å². The molecule has 0 spiro atoms. The number of imidazole rings is 1. The highest BCUT2D eigenvalue weighted by Gasteiger charge is 2.25. The molecule has 3 aromatic rings. The van der Waals surface area contributed by atoms with Crippen molar-refractivity contribution >= 4 is 31.3 Å². The molecule has 0 unspecified atom stereocenters. The molecule has 0 saturated carbocycles. The third kappa shape index (κ3) is 3.04. The fourth-order valence-corrected chi connectivity index (χ4v) is 3.72. The zero-order valence-electron chi connectivity index (χ0n) is 12.1. The van der Waals surface area contributed by atoms with Crippen LogP contribution in [0, 0.1) is 0 Å². The summed E-state index contributed by atoms with van der Waals surface area (Å²) >= 11 is 0. The first-order valence-electron chi connectivity index (χ1n) is 6.66. The van der Waals surface area contributed by atoms with Crippen LogP contribution in [-0.2, 0) is 26.8 Å². The molecular weight excluding hydrogens is 356 g/mol. The number of rotatable bonds is 4. The van der Waals surface area contributed by atoms with Gasteiger partial charge in [0.25, 0.3) is 15.3 Å². The van der Waals surface area contributed by atoms with Crippen LogP contribution >= 0.6 is 0 Å². The van der Waals surface area contributed by atoms with Crippen LogP contribution in [0.3, 0.4) is 0 Å². The summed E-state index contributed by atoms with van der Waals surface area (Å²) in [4.78, 5) is 3.20. The van der Waals surface area contributed by atoms with Crippen LogP contribution in [-0.4, -0.2) is 35.5 Å². The molecular formula is C14H12N2O6S2. The van der Waals surface area contributed by atoms with Crippen LogP contribution in [0.4, 0.5) is 0 Å². The van der Waals surface area contributed by atoms with E-state index >= 15 is 0 Å². The molecule has 10 heteroatoms. The normalized spacial score (nSPS) is 12.6. The standard InChI is InChI=1S/C14H12N2O6S2/c17-23(18,19)12-8-4-7-11-13(12)15-14(24(20,21)22)16(11)9-10-5-2-1-3-6-10/h1-8H,9H2,(H,17,18,19)(H,20,21,22). The van der Waals surface area contributed by atoms with Crippen molar-refractivity contribution in [1.29, 1.82) is 0 Å². The maximum atomic E-state index is 11.6. The van der Waals surface area contributed by atoms with Crippen LogP contribution in [0.1, 0.15) is 5.56 Å². The number of nitrogens with zero attached hydrogens (tertiary/aromatic N) is 2. The maximum Gasteiger partial charge on any atom is 0.328 e. The molecule has 3 rings (SSSR count). The third-order valence-corrected chi connectivity index (χ3v) is 5.06. The number of fused-ring (bicyclic) bond motifs is 1. The lowest BCUT2D eigenvalue weighted by molar-refractivity contribution is 0.466. The number of hydrogen-bond donors (Lipinski definition) is 2. The number of hydrogen-bond acceptors (Lipinski definition) is 5. The Morgan fingerprint density at radius 3 is 2.12 bits per heavy atom. The molecule has 0 bridgehead atoms. The van der Waals surface area contributed by atoms with Crippen molar-refractivity contribution < 1.29 is 25.9 Å². The first kappa shape index (κ1) is 16.6. The monoisotopic (exact) mass is 368 g/mol. The Morgan fingerprint density at radius 1 is 0.875 bits per heavy atom. The lowest BCUT2D eigenvalue weighted by Gasteiger charge is -2.07. The highest BCUT2D eigenvalue weighted by molar-refractivity contribution is 7.86. The molecule has 0 aliphatic rings. The van der Waals surface area contributed by atoms with Gasteiger partial charge in [-0.25, -0.2) is 4.98 Å². The lowest BCUT2D eigenvalue weighted by Crippen LogP contribution is -2.10. The molecule has 0 aliphatic carbocycles. The molecule has 0 atom stereocenters. The van der Waals surface area contributed by atoms with Crippen LogP contribution in [0.15, 0.2) is 58.6 Å². The van der Waals surface area contributed by atoms with E-state index in [0.717, 1.165) is 11.6 Å². The molecule has 0 aliphatic heterocycles. The Balaban J connectivity index is 2.34. The first-order valence-corrected chi connectivity index (χ1v) is 9.54. The van der Waals surface area contributed by atoms with Crippen molar-refractivity contribution in [2.45, 2.75) is 16.6 Å². The van der Waals surface area contributed by atoms with E-state index in [9.17, 15) is 25.9 Å².